The minimum absolute atomic E-state index is 0.119. The Kier molecular flexibility index (Phi) is 5.41. The summed E-state index contributed by atoms with van der Waals surface area (Å²) in [5.41, 5.74) is 1.78. The van der Waals surface area contributed by atoms with E-state index in [9.17, 15) is 9.18 Å². The van der Waals surface area contributed by atoms with Gasteiger partial charge < -0.3 is 10.2 Å². The lowest BCUT2D eigenvalue weighted by molar-refractivity contribution is -0.115. The molecule has 1 amide bonds. The number of aromatic nitrogens is 2. The number of carbonyl (C=O) groups excluding carboxylic acids is 1. The van der Waals surface area contributed by atoms with E-state index >= 15 is 0 Å². The van der Waals surface area contributed by atoms with E-state index < -0.39 is 5.82 Å². The molecule has 0 saturated carbocycles. The van der Waals surface area contributed by atoms with Crippen LogP contribution in [0.1, 0.15) is 18.9 Å². The molecule has 2 rings (SSSR count). The quantitative estimate of drug-likeness (QED) is 0.891. The second-order valence-corrected chi connectivity index (χ2v) is 4.99. The summed E-state index contributed by atoms with van der Waals surface area (Å²) in [6.45, 7) is 4.67. The summed E-state index contributed by atoms with van der Waals surface area (Å²) in [6.07, 6.45) is 3.03. The highest BCUT2D eigenvalue weighted by atomic mass is 19.1. The Hall–Kier alpha value is -2.50. The zero-order valence-electron chi connectivity index (χ0n) is 12.7. The SMILES string of the molecule is CCCN(CC(=O)Nc1ccccc1C)c1ncc(F)cn1. The standard InChI is InChI=1S/C16H19FN4O/c1-3-8-21(16-18-9-13(17)10-19-16)11-15(22)20-14-7-5-4-6-12(14)2/h4-7,9-10H,3,8,11H2,1-2H3,(H,20,22). The second-order valence-electron chi connectivity index (χ2n) is 4.99. The molecule has 0 atom stereocenters. The minimum atomic E-state index is -0.496. The van der Waals surface area contributed by atoms with Crippen molar-refractivity contribution < 1.29 is 9.18 Å². The number of nitrogens with zero attached hydrogens (tertiary/aromatic N) is 3. The van der Waals surface area contributed by atoms with E-state index in [1.54, 1.807) is 4.90 Å². The summed E-state index contributed by atoms with van der Waals surface area (Å²) in [4.78, 5) is 21.8. The van der Waals surface area contributed by atoms with Crippen molar-refractivity contribution in [2.45, 2.75) is 20.3 Å². The molecule has 22 heavy (non-hydrogen) atoms. The van der Waals surface area contributed by atoms with Gasteiger partial charge >= 0.3 is 0 Å². The van der Waals surface area contributed by atoms with Gasteiger partial charge in [-0.3, -0.25) is 4.79 Å². The first-order valence-electron chi connectivity index (χ1n) is 7.18. The number of anilines is 2. The average molecular weight is 302 g/mol. The molecular weight excluding hydrogens is 283 g/mol. The second kappa shape index (κ2) is 7.49. The predicted molar refractivity (Wildman–Crippen MR) is 84.3 cm³/mol. The number of nitrogens with one attached hydrogen (secondary N) is 1. The van der Waals surface area contributed by atoms with Gasteiger partial charge in [0.1, 0.15) is 6.54 Å². The molecule has 0 aliphatic carbocycles. The van der Waals surface area contributed by atoms with Gasteiger partial charge in [0, 0.05) is 12.2 Å². The zero-order valence-corrected chi connectivity index (χ0v) is 12.7. The number of hydrogen-bond donors (Lipinski definition) is 1. The fraction of sp³-hybridized carbons (Fsp3) is 0.312. The highest BCUT2D eigenvalue weighted by Gasteiger charge is 2.14. The number of hydrogen-bond acceptors (Lipinski definition) is 4. The van der Waals surface area contributed by atoms with Crippen LogP contribution in [0.15, 0.2) is 36.7 Å². The lowest BCUT2D eigenvalue weighted by atomic mass is 10.2. The van der Waals surface area contributed by atoms with Gasteiger partial charge in [0.25, 0.3) is 0 Å². The maximum atomic E-state index is 12.9. The van der Waals surface area contributed by atoms with Gasteiger partial charge in [-0.2, -0.15) is 0 Å². The van der Waals surface area contributed by atoms with Crippen LogP contribution in [0.25, 0.3) is 0 Å². The summed E-state index contributed by atoms with van der Waals surface area (Å²) in [5.74, 6) is -0.302. The van der Waals surface area contributed by atoms with Crippen molar-refractivity contribution in [2.24, 2.45) is 0 Å². The smallest absolute Gasteiger partial charge is 0.244 e. The molecule has 0 fully saturated rings. The van der Waals surface area contributed by atoms with Crippen molar-refractivity contribution in [1.82, 2.24) is 9.97 Å². The fourth-order valence-corrected chi connectivity index (χ4v) is 2.06. The normalized spacial score (nSPS) is 10.3. The molecule has 1 aromatic carbocycles. The van der Waals surface area contributed by atoms with Crippen LogP contribution in [-0.2, 0) is 4.79 Å². The Morgan fingerprint density at radius 1 is 1.27 bits per heavy atom. The third-order valence-electron chi connectivity index (χ3n) is 3.14. The van der Waals surface area contributed by atoms with Crippen molar-refractivity contribution in [2.75, 3.05) is 23.3 Å². The Morgan fingerprint density at radius 3 is 2.59 bits per heavy atom. The first kappa shape index (κ1) is 15.9. The maximum Gasteiger partial charge on any atom is 0.244 e. The van der Waals surface area contributed by atoms with Crippen LogP contribution in [-0.4, -0.2) is 29.0 Å². The van der Waals surface area contributed by atoms with Gasteiger partial charge in [-0.25, -0.2) is 14.4 Å². The van der Waals surface area contributed by atoms with E-state index in [0.717, 1.165) is 30.1 Å². The molecule has 0 aliphatic heterocycles. The first-order chi connectivity index (χ1) is 10.6. The Labute approximate surface area is 129 Å². The third-order valence-corrected chi connectivity index (χ3v) is 3.14. The van der Waals surface area contributed by atoms with E-state index in [2.05, 4.69) is 15.3 Å². The fourth-order valence-electron chi connectivity index (χ4n) is 2.06. The van der Waals surface area contributed by atoms with Crippen LogP contribution in [0.5, 0.6) is 0 Å². The van der Waals surface area contributed by atoms with E-state index in [1.165, 1.54) is 0 Å². The molecule has 0 unspecified atom stereocenters. The number of halogens is 1. The molecule has 0 bridgehead atoms. The number of rotatable bonds is 6. The van der Waals surface area contributed by atoms with Gasteiger partial charge in [-0.15, -0.1) is 0 Å². The van der Waals surface area contributed by atoms with Crippen molar-refractivity contribution in [3.8, 4) is 0 Å². The van der Waals surface area contributed by atoms with Crippen LogP contribution in [0.3, 0.4) is 0 Å². The van der Waals surface area contributed by atoms with Crippen LogP contribution in [0.2, 0.25) is 0 Å². The van der Waals surface area contributed by atoms with Gasteiger partial charge in [0.2, 0.25) is 11.9 Å². The molecule has 0 saturated heterocycles. The summed E-state index contributed by atoms with van der Waals surface area (Å²) < 4.78 is 12.9. The molecule has 116 valence electrons. The number of benzene rings is 1. The molecule has 2 aromatic rings. The van der Waals surface area contributed by atoms with Crippen molar-refractivity contribution >= 4 is 17.5 Å². The van der Waals surface area contributed by atoms with Crippen LogP contribution in [0, 0.1) is 12.7 Å². The highest BCUT2D eigenvalue weighted by Crippen LogP contribution is 2.14. The van der Waals surface area contributed by atoms with Gasteiger partial charge in [0.15, 0.2) is 5.82 Å². The molecule has 6 heteroatoms. The molecule has 1 N–H and O–H groups in total. The molecule has 0 radical (unpaired) electrons. The van der Waals surface area contributed by atoms with Gasteiger partial charge in [-0.05, 0) is 25.0 Å². The Balaban J connectivity index is 2.06. The van der Waals surface area contributed by atoms with Gasteiger partial charge in [0.05, 0.1) is 12.4 Å². The number of aryl methyl sites for hydroxylation is 1. The van der Waals surface area contributed by atoms with Crippen LogP contribution >= 0.6 is 0 Å². The van der Waals surface area contributed by atoms with Crippen LogP contribution < -0.4 is 10.2 Å². The molecular formula is C16H19FN4O. The molecule has 0 spiro atoms. The van der Waals surface area contributed by atoms with E-state index in [0.29, 0.717) is 12.5 Å². The summed E-state index contributed by atoms with van der Waals surface area (Å²) >= 11 is 0. The maximum absolute atomic E-state index is 12.9. The van der Waals surface area contributed by atoms with Crippen LogP contribution in [0.4, 0.5) is 16.0 Å². The zero-order chi connectivity index (χ0) is 15.9. The average Bonchev–Trinajstić information content (AvgIpc) is 2.50. The highest BCUT2D eigenvalue weighted by molar-refractivity contribution is 5.94. The predicted octanol–water partition coefficient (Wildman–Crippen LogP) is 2.78. The summed E-state index contributed by atoms with van der Waals surface area (Å²) in [5, 5.41) is 2.87. The number of carbonyl (C=O) groups is 1. The van der Waals surface area contributed by atoms with Gasteiger partial charge in [-0.1, -0.05) is 25.1 Å². The minimum Gasteiger partial charge on any atom is -0.332 e. The number of para-hydroxylation sites is 1. The molecule has 1 aromatic heterocycles. The Bertz CT molecular complexity index is 630. The topological polar surface area (TPSA) is 58.1 Å². The largest absolute Gasteiger partial charge is 0.332 e. The van der Waals surface area contributed by atoms with Crippen molar-refractivity contribution in [3.63, 3.8) is 0 Å². The monoisotopic (exact) mass is 302 g/mol. The summed E-state index contributed by atoms with van der Waals surface area (Å²) in [6, 6.07) is 7.57. The van der Waals surface area contributed by atoms with E-state index in [1.807, 2.05) is 38.1 Å². The van der Waals surface area contributed by atoms with Crippen molar-refractivity contribution in [3.05, 3.63) is 48.0 Å². The lowest BCUT2D eigenvalue weighted by Crippen LogP contribution is -2.35. The number of amides is 1. The van der Waals surface area contributed by atoms with E-state index in [-0.39, 0.29) is 12.5 Å². The summed E-state index contributed by atoms with van der Waals surface area (Å²) in [7, 11) is 0. The lowest BCUT2D eigenvalue weighted by Gasteiger charge is -2.21. The first-order valence-corrected chi connectivity index (χ1v) is 7.18. The molecule has 5 nitrogen and oxygen atoms in total. The third kappa shape index (κ3) is 4.25. The Morgan fingerprint density at radius 2 is 1.95 bits per heavy atom. The molecule has 0 aliphatic rings. The van der Waals surface area contributed by atoms with Crippen molar-refractivity contribution in [1.29, 1.82) is 0 Å². The molecule has 1 heterocycles. The van der Waals surface area contributed by atoms with E-state index in [4.69, 9.17) is 0 Å².